The van der Waals surface area contributed by atoms with Crippen LogP contribution in [-0.2, 0) is 6.54 Å². The Bertz CT molecular complexity index is 410. The maximum absolute atomic E-state index is 3.50. The smallest absolute Gasteiger partial charge is 0.0371 e. The molecule has 0 spiro atoms. The number of unbranched alkanes of at least 4 members (excludes halogenated alkanes) is 2. The van der Waals surface area contributed by atoms with E-state index < -0.39 is 0 Å². The Kier molecular flexibility index (Phi) is 7.81. The van der Waals surface area contributed by atoms with Gasteiger partial charge in [0.2, 0.25) is 0 Å². The van der Waals surface area contributed by atoms with E-state index in [-0.39, 0.29) is 0 Å². The van der Waals surface area contributed by atoms with Gasteiger partial charge in [0.15, 0.2) is 0 Å². The minimum Gasteiger partial charge on any atom is -0.369 e. The maximum Gasteiger partial charge on any atom is 0.0371 e. The van der Waals surface area contributed by atoms with E-state index >= 15 is 0 Å². The van der Waals surface area contributed by atoms with Crippen LogP contribution >= 0.6 is 0 Å². The lowest BCUT2D eigenvalue weighted by Crippen LogP contribution is -2.31. The Morgan fingerprint density at radius 1 is 1.10 bits per heavy atom. The Balaban J connectivity index is 2.78. The van der Waals surface area contributed by atoms with Crippen LogP contribution in [0.4, 0.5) is 5.69 Å². The molecule has 0 aliphatic rings. The molecule has 1 aromatic carbocycles. The van der Waals surface area contributed by atoms with E-state index in [2.05, 4.69) is 70.0 Å². The predicted molar refractivity (Wildman–Crippen MR) is 95.2 cm³/mol. The lowest BCUT2D eigenvalue weighted by molar-refractivity contribution is 0.587. The number of aryl methyl sites for hydroxylation is 1. The summed E-state index contributed by atoms with van der Waals surface area (Å²) in [6, 6.07) is 8.01. The van der Waals surface area contributed by atoms with Crippen LogP contribution in [0.5, 0.6) is 0 Å². The molecule has 1 aromatic rings. The summed E-state index contributed by atoms with van der Waals surface area (Å²) in [5, 5.41) is 3.50. The Labute approximate surface area is 131 Å². The van der Waals surface area contributed by atoms with Crippen molar-refractivity contribution in [2.24, 2.45) is 0 Å². The van der Waals surface area contributed by atoms with Crippen LogP contribution in [-0.4, -0.2) is 18.6 Å². The predicted octanol–water partition coefficient (Wildman–Crippen LogP) is 4.90. The van der Waals surface area contributed by atoms with Gasteiger partial charge in [0, 0.05) is 30.9 Å². The molecular weight excluding hydrogens is 256 g/mol. The van der Waals surface area contributed by atoms with Crippen molar-refractivity contribution in [1.82, 2.24) is 5.32 Å². The maximum atomic E-state index is 3.50. The fraction of sp³-hybridized carbons (Fsp3) is 0.684. The van der Waals surface area contributed by atoms with E-state index in [0.717, 1.165) is 13.1 Å². The van der Waals surface area contributed by atoms with E-state index in [1.54, 1.807) is 0 Å². The third kappa shape index (κ3) is 6.09. The van der Waals surface area contributed by atoms with Crippen LogP contribution < -0.4 is 10.2 Å². The van der Waals surface area contributed by atoms with Crippen LogP contribution in [0.25, 0.3) is 0 Å². The first-order valence-corrected chi connectivity index (χ1v) is 8.55. The van der Waals surface area contributed by atoms with Crippen molar-refractivity contribution in [3.05, 3.63) is 29.3 Å². The molecule has 0 bridgehead atoms. The molecule has 0 heterocycles. The topological polar surface area (TPSA) is 15.3 Å². The molecule has 0 amide bonds. The van der Waals surface area contributed by atoms with Crippen LogP contribution in [0.3, 0.4) is 0 Å². The molecular formula is C19H34N2. The molecule has 0 aliphatic heterocycles. The molecule has 0 fully saturated rings. The van der Waals surface area contributed by atoms with Crippen LogP contribution in [0.15, 0.2) is 18.2 Å². The number of nitrogens with one attached hydrogen (secondary N) is 1. The summed E-state index contributed by atoms with van der Waals surface area (Å²) in [5.41, 5.74) is 4.17. The standard InChI is InChI=1S/C19H34N2/c1-7-8-9-12-21(16(4)5)19-11-10-18(17(6)13-19)14-20-15(2)3/h10-11,13,15-16,20H,7-9,12,14H2,1-6H3. The highest BCUT2D eigenvalue weighted by molar-refractivity contribution is 5.51. The summed E-state index contributed by atoms with van der Waals surface area (Å²) in [4.78, 5) is 2.53. The van der Waals surface area contributed by atoms with Crippen LogP contribution in [0.1, 0.15) is 65.0 Å². The first-order chi connectivity index (χ1) is 9.95. The van der Waals surface area contributed by atoms with Gasteiger partial charge in [0.25, 0.3) is 0 Å². The number of benzene rings is 1. The van der Waals surface area contributed by atoms with E-state index in [0.29, 0.717) is 12.1 Å². The van der Waals surface area contributed by atoms with E-state index in [1.165, 1.54) is 36.1 Å². The molecule has 0 saturated carbocycles. The molecule has 0 atom stereocenters. The molecule has 0 saturated heterocycles. The summed E-state index contributed by atoms with van der Waals surface area (Å²) < 4.78 is 0. The van der Waals surface area contributed by atoms with E-state index in [1.807, 2.05) is 0 Å². The molecule has 0 aromatic heterocycles. The van der Waals surface area contributed by atoms with Crippen molar-refractivity contribution in [2.45, 2.75) is 79.4 Å². The number of nitrogens with zero attached hydrogens (tertiary/aromatic N) is 1. The van der Waals surface area contributed by atoms with Crippen LogP contribution in [0, 0.1) is 6.92 Å². The molecule has 1 N–H and O–H groups in total. The van der Waals surface area contributed by atoms with Gasteiger partial charge in [-0.25, -0.2) is 0 Å². The monoisotopic (exact) mass is 290 g/mol. The van der Waals surface area contributed by atoms with Gasteiger partial charge in [-0.15, -0.1) is 0 Å². The zero-order valence-corrected chi connectivity index (χ0v) is 14.9. The highest BCUT2D eigenvalue weighted by Gasteiger charge is 2.11. The van der Waals surface area contributed by atoms with Gasteiger partial charge >= 0.3 is 0 Å². The lowest BCUT2D eigenvalue weighted by atomic mass is 10.1. The van der Waals surface area contributed by atoms with Crippen molar-refractivity contribution in [3.63, 3.8) is 0 Å². The minimum atomic E-state index is 0.533. The van der Waals surface area contributed by atoms with Gasteiger partial charge in [0.05, 0.1) is 0 Å². The molecule has 0 unspecified atom stereocenters. The van der Waals surface area contributed by atoms with Gasteiger partial charge in [-0.3, -0.25) is 0 Å². The van der Waals surface area contributed by atoms with Crippen molar-refractivity contribution < 1.29 is 0 Å². The van der Waals surface area contributed by atoms with Crippen molar-refractivity contribution in [3.8, 4) is 0 Å². The Morgan fingerprint density at radius 2 is 1.81 bits per heavy atom. The fourth-order valence-corrected chi connectivity index (χ4v) is 2.59. The molecule has 0 aliphatic carbocycles. The molecule has 120 valence electrons. The SMILES string of the molecule is CCCCCN(c1ccc(CNC(C)C)c(C)c1)C(C)C. The largest absolute Gasteiger partial charge is 0.369 e. The number of hydrogen-bond donors (Lipinski definition) is 1. The Morgan fingerprint density at radius 3 is 2.33 bits per heavy atom. The van der Waals surface area contributed by atoms with Gasteiger partial charge < -0.3 is 10.2 Å². The molecule has 1 rings (SSSR count). The summed E-state index contributed by atoms with van der Waals surface area (Å²) in [6.45, 7) is 15.6. The van der Waals surface area contributed by atoms with E-state index in [4.69, 9.17) is 0 Å². The summed E-state index contributed by atoms with van der Waals surface area (Å²) in [5.74, 6) is 0. The molecule has 2 nitrogen and oxygen atoms in total. The summed E-state index contributed by atoms with van der Waals surface area (Å²) in [6.07, 6.45) is 3.88. The first kappa shape index (κ1) is 18.0. The first-order valence-electron chi connectivity index (χ1n) is 8.55. The summed E-state index contributed by atoms with van der Waals surface area (Å²) in [7, 11) is 0. The zero-order valence-electron chi connectivity index (χ0n) is 14.9. The average Bonchev–Trinajstić information content (AvgIpc) is 2.41. The molecule has 0 radical (unpaired) electrons. The van der Waals surface area contributed by atoms with E-state index in [9.17, 15) is 0 Å². The quantitative estimate of drug-likeness (QED) is 0.651. The third-order valence-corrected chi connectivity index (χ3v) is 3.98. The number of hydrogen-bond acceptors (Lipinski definition) is 2. The second-order valence-electron chi connectivity index (χ2n) is 6.64. The number of rotatable bonds is 9. The highest BCUT2D eigenvalue weighted by Crippen LogP contribution is 2.22. The van der Waals surface area contributed by atoms with Gasteiger partial charge in [-0.2, -0.15) is 0 Å². The molecule has 21 heavy (non-hydrogen) atoms. The normalized spacial score (nSPS) is 11.4. The van der Waals surface area contributed by atoms with Crippen molar-refractivity contribution in [1.29, 1.82) is 0 Å². The second-order valence-corrected chi connectivity index (χ2v) is 6.64. The van der Waals surface area contributed by atoms with Gasteiger partial charge in [-0.05, 0) is 50.5 Å². The number of anilines is 1. The highest BCUT2D eigenvalue weighted by atomic mass is 15.1. The third-order valence-electron chi connectivity index (χ3n) is 3.98. The zero-order chi connectivity index (χ0) is 15.8. The van der Waals surface area contributed by atoms with Gasteiger partial charge in [-0.1, -0.05) is 39.7 Å². The van der Waals surface area contributed by atoms with Crippen molar-refractivity contribution in [2.75, 3.05) is 11.4 Å². The second kappa shape index (κ2) is 9.09. The minimum absolute atomic E-state index is 0.533. The van der Waals surface area contributed by atoms with Gasteiger partial charge in [0.1, 0.15) is 0 Å². The average molecular weight is 290 g/mol. The lowest BCUT2D eigenvalue weighted by Gasteiger charge is -2.30. The Hall–Kier alpha value is -1.02. The molecule has 2 heteroatoms. The van der Waals surface area contributed by atoms with Crippen LogP contribution in [0.2, 0.25) is 0 Å². The van der Waals surface area contributed by atoms with Crippen molar-refractivity contribution >= 4 is 5.69 Å². The summed E-state index contributed by atoms with van der Waals surface area (Å²) >= 11 is 0. The fourth-order valence-electron chi connectivity index (χ4n) is 2.59.